The molecule has 0 aliphatic heterocycles. The van der Waals surface area contributed by atoms with Crippen LogP contribution in [-0.4, -0.2) is 71.2 Å². The van der Waals surface area contributed by atoms with Gasteiger partial charge < -0.3 is 38.3 Å². The minimum absolute atomic E-state index is 0.0291. The van der Waals surface area contributed by atoms with Crippen molar-refractivity contribution in [3.8, 4) is 0 Å². The minimum atomic E-state index is -1.22. The Morgan fingerprint density at radius 3 is 2.03 bits per heavy atom. The van der Waals surface area contributed by atoms with Gasteiger partial charge in [-0.25, -0.2) is 0 Å². The van der Waals surface area contributed by atoms with E-state index in [0.29, 0.717) is 12.8 Å². The summed E-state index contributed by atoms with van der Waals surface area (Å²) in [6, 6.07) is -4.05. The number of carbonyl (C=O) groups excluding carboxylic acids is 3. The third kappa shape index (κ3) is 10.9. The number of nitrogens with zero attached hydrogens (tertiary/aromatic N) is 1. The van der Waals surface area contributed by atoms with Gasteiger partial charge in [-0.1, -0.05) is 20.3 Å². The molecule has 0 saturated heterocycles. The number of amides is 3. The molecule has 0 fully saturated rings. The number of carbonyl (C=O) groups is 4. The zero-order valence-corrected chi connectivity index (χ0v) is 19.0. The molecule has 0 rings (SSSR count). The molecule has 0 bridgehead atoms. The highest BCUT2D eigenvalue weighted by atomic mass is 32.1. The van der Waals surface area contributed by atoms with Crippen molar-refractivity contribution in [2.24, 2.45) is 28.1 Å². The van der Waals surface area contributed by atoms with Gasteiger partial charge in [0.15, 0.2) is 5.96 Å². The lowest BCUT2D eigenvalue weighted by molar-refractivity contribution is -0.141. The van der Waals surface area contributed by atoms with Crippen LogP contribution in [0.5, 0.6) is 0 Å². The third-order valence-electron chi connectivity index (χ3n) is 4.68. The lowest BCUT2D eigenvalue weighted by Crippen LogP contribution is -2.58. The van der Waals surface area contributed by atoms with Crippen LogP contribution in [0.3, 0.4) is 0 Å². The Morgan fingerprint density at radius 1 is 1.00 bits per heavy atom. The molecule has 178 valence electrons. The smallest absolute Gasteiger partial charge is 0.325 e. The van der Waals surface area contributed by atoms with Crippen LogP contribution in [0.4, 0.5) is 0 Å². The van der Waals surface area contributed by atoms with Crippen LogP contribution in [0, 0.1) is 5.92 Å². The van der Waals surface area contributed by atoms with E-state index in [1.807, 2.05) is 13.8 Å². The van der Waals surface area contributed by atoms with Crippen molar-refractivity contribution in [2.45, 2.75) is 64.2 Å². The number of nitrogens with one attached hydrogen (secondary N) is 3. The first-order valence-electron chi connectivity index (χ1n) is 10.00. The first-order chi connectivity index (χ1) is 14.4. The summed E-state index contributed by atoms with van der Waals surface area (Å²) in [5, 5.41) is 16.4. The fourth-order valence-corrected chi connectivity index (χ4v) is 2.65. The molecule has 5 unspecified atom stereocenters. The van der Waals surface area contributed by atoms with Crippen LogP contribution in [0.25, 0.3) is 0 Å². The molecule has 0 spiro atoms. The highest BCUT2D eigenvalue weighted by molar-refractivity contribution is 7.80. The summed E-state index contributed by atoms with van der Waals surface area (Å²) in [6.45, 7) is 5.23. The summed E-state index contributed by atoms with van der Waals surface area (Å²) in [5.74, 6) is -3.29. The summed E-state index contributed by atoms with van der Waals surface area (Å²) >= 11 is 4.10. The molecular weight excluding hydrogens is 426 g/mol. The molecule has 0 aliphatic rings. The Labute approximate surface area is 187 Å². The number of hydrogen-bond donors (Lipinski definition) is 8. The van der Waals surface area contributed by atoms with Crippen molar-refractivity contribution >= 4 is 42.3 Å². The number of guanidine groups is 1. The molecule has 0 aromatic heterocycles. The quantitative estimate of drug-likeness (QED) is 0.0619. The number of rotatable bonds is 14. The zero-order chi connectivity index (χ0) is 24.1. The topological polar surface area (TPSA) is 215 Å². The van der Waals surface area contributed by atoms with Crippen LogP contribution in [0.2, 0.25) is 0 Å². The molecular formula is C18H35N7O5S. The molecule has 31 heavy (non-hydrogen) atoms. The number of carboxylic acids is 1. The zero-order valence-electron chi connectivity index (χ0n) is 18.1. The van der Waals surface area contributed by atoms with E-state index in [2.05, 4.69) is 33.6 Å². The van der Waals surface area contributed by atoms with E-state index in [1.54, 1.807) is 0 Å². The van der Waals surface area contributed by atoms with Crippen molar-refractivity contribution in [2.75, 3.05) is 12.3 Å². The number of thiol groups is 1. The second-order valence-electron chi connectivity index (χ2n) is 7.23. The highest BCUT2D eigenvalue weighted by Crippen LogP contribution is 2.06. The van der Waals surface area contributed by atoms with Gasteiger partial charge in [0.25, 0.3) is 0 Å². The van der Waals surface area contributed by atoms with Gasteiger partial charge in [-0.05, 0) is 25.7 Å². The predicted octanol–water partition coefficient (Wildman–Crippen LogP) is -2.10. The molecule has 5 atom stereocenters. The van der Waals surface area contributed by atoms with Gasteiger partial charge in [0.2, 0.25) is 17.7 Å². The number of aliphatic imine (C=N–C) groups is 1. The maximum atomic E-state index is 12.7. The summed E-state index contributed by atoms with van der Waals surface area (Å²) in [6.07, 6.45) is 1.17. The first-order valence-corrected chi connectivity index (χ1v) is 10.6. The Bertz CT molecular complexity index is 657. The highest BCUT2D eigenvalue weighted by Gasteiger charge is 2.29. The predicted molar refractivity (Wildman–Crippen MR) is 120 cm³/mol. The molecule has 0 aromatic rings. The van der Waals surface area contributed by atoms with Crippen molar-refractivity contribution < 1.29 is 24.3 Å². The standard InChI is InChI=1S/C18H35N7O5S/c1-4-9(2)13(19)16(28)25-12(8-31)15(27)24-11(6-5-7-22-18(20)21)14(26)23-10(3)17(29)30/h9-13,31H,4-8,19H2,1-3H3,(H,23,26)(H,24,27)(H,25,28)(H,29,30)(H4,20,21,22). The lowest BCUT2D eigenvalue weighted by Gasteiger charge is -2.25. The fourth-order valence-electron chi connectivity index (χ4n) is 2.39. The maximum Gasteiger partial charge on any atom is 0.325 e. The van der Waals surface area contributed by atoms with Gasteiger partial charge in [-0.15, -0.1) is 0 Å². The number of carboxylic acid groups (broad SMARTS) is 1. The van der Waals surface area contributed by atoms with Gasteiger partial charge in [0.1, 0.15) is 18.1 Å². The van der Waals surface area contributed by atoms with Gasteiger partial charge in [-0.3, -0.25) is 24.2 Å². The maximum absolute atomic E-state index is 12.7. The SMILES string of the molecule is CCC(C)C(N)C(=O)NC(CS)C(=O)NC(CCCN=C(N)N)C(=O)NC(C)C(=O)O. The van der Waals surface area contributed by atoms with Crippen molar-refractivity contribution in [3.63, 3.8) is 0 Å². The largest absolute Gasteiger partial charge is 0.480 e. The summed E-state index contributed by atoms with van der Waals surface area (Å²) < 4.78 is 0. The molecule has 0 radical (unpaired) electrons. The van der Waals surface area contributed by atoms with E-state index in [0.717, 1.165) is 0 Å². The lowest BCUT2D eigenvalue weighted by atomic mass is 9.99. The third-order valence-corrected chi connectivity index (χ3v) is 5.05. The molecule has 12 nitrogen and oxygen atoms in total. The summed E-state index contributed by atoms with van der Waals surface area (Å²) in [7, 11) is 0. The normalized spacial score (nSPS) is 15.5. The van der Waals surface area contributed by atoms with Gasteiger partial charge in [0, 0.05) is 12.3 Å². The van der Waals surface area contributed by atoms with E-state index in [4.69, 9.17) is 22.3 Å². The van der Waals surface area contributed by atoms with Gasteiger partial charge >= 0.3 is 5.97 Å². The molecule has 0 aliphatic carbocycles. The monoisotopic (exact) mass is 461 g/mol. The van der Waals surface area contributed by atoms with Gasteiger partial charge in [0.05, 0.1) is 6.04 Å². The van der Waals surface area contributed by atoms with Gasteiger partial charge in [-0.2, -0.15) is 12.6 Å². The second-order valence-corrected chi connectivity index (χ2v) is 7.60. The molecule has 13 heteroatoms. The van der Waals surface area contributed by atoms with Crippen molar-refractivity contribution in [1.29, 1.82) is 0 Å². The molecule has 0 heterocycles. The van der Waals surface area contributed by atoms with Crippen LogP contribution >= 0.6 is 12.6 Å². The minimum Gasteiger partial charge on any atom is -0.480 e. The van der Waals surface area contributed by atoms with E-state index < -0.39 is 47.9 Å². The van der Waals surface area contributed by atoms with Crippen LogP contribution in [-0.2, 0) is 19.2 Å². The Balaban J connectivity index is 5.22. The number of aliphatic carboxylic acids is 1. The van der Waals surface area contributed by atoms with Crippen molar-refractivity contribution in [1.82, 2.24) is 16.0 Å². The Morgan fingerprint density at radius 2 is 1.55 bits per heavy atom. The molecule has 0 aromatic carbocycles. The molecule has 0 saturated carbocycles. The second kappa shape index (κ2) is 14.5. The van der Waals surface area contributed by atoms with E-state index in [-0.39, 0.29) is 30.6 Å². The number of hydrogen-bond acceptors (Lipinski definition) is 7. The fraction of sp³-hybridized carbons (Fsp3) is 0.722. The first kappa shape index (κ1) is 28.5. The van der Waals surface area contributed by atoms with E-state index >= 15 is 0 Å². The van der Waals surface area contributed by atoms with E-state index in [9.17, 15) is 19.2 Å². The average Bonchev–Trinajstić information content (AvgIpc) is 2.71. The molecule has 3 amide bonds. The molecule has 10 N–H and O–H groups in total. The Kier molecular flexibility index (Phi) is 13.3. The Hall–Kier alpha value is -2.54. The van der Waals surface area contributed by atoms with Crippen LogP contribution in [0.15, 0.2) is 4.99 Å². The summed E-state index contributed by atoms with van der Waals surface area (Å²) in [4.78, 5) is 52.3. The van der Waals surface area contributed by atoms with Crippen LogP contribution < -0.4 is 33.2 Å². The summed E-state index contributed by atoms with van der Waals surface area (Å²) in [5.41, 5.74) is 16.4. The van der Waals surface area contributed by atoms with E-state index in [1.165, 1.54) is 6.92 Å². The number of nitrogens with two attached hydrogens (primary N) is 3. The van der Waals surface area contributed by atoms with Crippen molar-refractivity contribution in [3.05, 3.63) is 0 Å². The average molecular weight is 462 g/mol. The van der Waals surface area contributed by atoms with Crippen LogP contribution in [0.1, 0.15) is 40.0 Å².